The van der Waals surface area contributed by atoms with E-state index in [0.717, 1.165) is 6.04 Å². The molecular formula is C18H43N3. The molecule has 21 heavy (non-hydrogen) atoms. The van der Waals surface area contributed by atoms with Crippen molar-refractivity contribution in [2.24, 2.45) is 0 Å². The van der Waals surface area contributed by atoms with Gasteiger partial charge in [0.1, 0.15) is 0 Å². The molecule has 2 rings (SSSR count). The molecule has 2 fully saturated rings. The van der Waals surface area contributed by atoms with Crippen LogP contribution in [-0.2, 0) is 0 Å². The maximum Gasteiger partial charge on any atom is 0.0507 e. The molecule has 1 unspecified atom stereocenters. The zero-order valence-corrected chi connectivity index (χ0v) is 16.3. The number of likely N-dealkylation sites (N-methyl/N-ethyl adjacent to an activating group) is 1. The summed E-state index contributed by atoms with van der Waals surface area (Å²) in [7, 11) is 2.23. The molecule has 0 aromatic rings. The molecule has 0 saturated carbocycles. The summed E-state index contributed by atoms with van der Waals surface area (Å²) >= 11 is 0. The van der Waals surface area contributed by atoms with Crippen LogP contribution in [0.1, 0.15) is 67.7 Å². The van der Waals surface area contributed by atoms with E-state index in [-0.39, 0.29) is 0 Å². The highest BCUT2D eigenvalue weighted by molar-refractivity contribution is 4.85. The number of likely N-dealkylation sites (tertiary alicyclic amines) is 1. The highest BCUT2D eigenvalue weighted by atomic mass is 15.4. The van der Waals surface area contributed by atoms with Crippen molar-refractivity contribution in [3.63, 3.8) is 0 Å². The first kappa shape index (κ1) is 23.2. The lowest BCUT2D eigenvalue weighted by Gasteiger charge is -2.23. The Kier molecular flexibility index (Phi) is 17.9. The van der Waals surface area contributed by atoms with Gasteiger partial charge in [-0.1, -0.05) is 54.9 Å². The molecule has 0 N–H and O–H groups in total. The van der Waals surface area contributed by atoms with Crippen molar-refractivity contribution in [3.05, 3.63) is 0 Å². The molecule has 0 aliphatic carbocycles. The fourth-order valence-corrected chi connectivity index (χ4v) is 2.74. The van der Waals surface area contributed by atoms with Crippen LogP contribution in [0.15, 0.2) is 0 Å². The molecule has 3 heteroatoms. The Balaban J connectivity index is 0. The van der Waals surface area contributed by atoms with Crippen LogP contribution in [0.4, 0.5) is 0 Å². The lowest BCUT2D eigenvalue weighted by atomic mass is 10.2. The summed E-state index contributed by atoms with van der Waals surface area (Å²) in [6.07, 6.45) is 4.08. The molecule has 0 radical (unpaired) electrons. The molecule has 2 heterocycles. The van der Waals surface area contributed by atoms with E-state index >= 15 is 0 Å². The van der Waals surface area contributed by atoms with E-state index in [4.69, 9.17) is 0 Å². The number of hydrogen-bond acceptors (Lipinski definition) is 3. The van der Waals surface area contributed by atoms with Crippen molar-refractivity contribution in [2.45, 2.75) is 73.8 Å². The Morgan fingerprint density at radius 3 is 2.00 bits per heavy atom. The predicted octanol–water partition coefficient (Wildman–Crippen LogP) is 4.14. The van der Waals surface area contributed by atoms with Gasteiger partial charge in [0.2, 0.25) is 0 Å². The Hall–Kier alpha value is -0.120. The first-order valence-corrected chi connectivity index (χ1v) is 9.44. The van der Waals surface area contributed by atoms with Gasteiger partial charge in [-0.15, -0.1) is 0 Å². The third-order valence-corrected chi connectivity index (χ3v) is 3.78. The van der Waals surface area contributed by atoms with Gasteiger partial charge in [0.05, 0.1) is 6.67 Å². The number of nitrogens with zero attached hydrogens (tertiary/aromatic N) is 3. The van der Waals surface area contributed by atoms with E-state index in [1.807, 2.05) is 41.5 Å². The topological polar surface area (TPSA) is 9.72 Å². The summed E-state index contributed by atoms with van der Waals surface area (Å²) in [5, 5.41) is 0. The average molecular weight is 302 g/mol. The maximum absolute atomic E-state index is 2.66. The third-order valence-electron chi connectivity index (χ3n) is 3.78. The molecule has 0 spiro atoms. The summed E-state index contributed by atoms with van der Waals surface area (Å²) in [5.74, 6) is 0. The molecule has 0 amide bonds. The summed E-state index contributed by atoms with van der Waals surface area (Å²) < 4.78 is 0. The van der Waals surface area contributed by atoms with Gasteiger partial charge in [-0.25, -0.2) is 0 Å². The smallest absolute Gasteiger partial charge is 0.0507 e. The van der Waals surface area contributed by atoms with Gasteiger partial charge >= 0.3 is 0 Å². The second kappa shape index (κ2) is 16.3. The minimum atomic E-state index is 0.840. The quantitative estimate of drug-likeness (QED) is 0.772. The zero-order chi connectivity index (χ0) is 16.7. The zero-order valence-electron chi connectivity index (χ0n) is 16.3. The number of hydrogen-bond donors (Lipinski definition) is 0. The van der Waals surface area contributed by atoms with Crippen LogP contribution in [0, 0.1) is 0 Å². The Morgan fingerprint density at radius 2 is 1.52 bits per heavy atom. The van der Waals surface area contributed by atoms with Gasteiger partial charge in [0.25, 0.3) is 0 Å². The number of rotatable bonds is 4. The molecule has 3 nitrogen and oxygen atoms in total. The monoisotopic (exact) mass is 301 g/mol. The first-order chi connectivity index (χ1) is 10.3. The van der Waals surface area contributed by atoms with Gasteiger partial charge in [-0.2, -0.15) is 0 Å². The minimum absolute atomic E-state index is 0.840. The molecule has 130 valence electrons. The lowest BCUT2D eigenvalue weighted by molar-refractivity contribution is 0.201. The van der Waals surface area contributed by atoms with Gasteiger partial charge in [0, 0.05) is 25.7 Å². The molecular weight excluding hydrogens is 258 g/mol. The molecule has 2 aliphatic rings. The Labute approximate surface area is 135 Å². The van der Waals surface area contributed by atoms with Gasteiger partial charge < -0.3 is 4.90 Å². The minimum Gasteiger partial charge on any atom is -0.302 e. The largest absolute Gasteiger partial charge is 0.302 e. The van der Waals surface area contributed by atoms with Crippen LogP contribution >= 0.6 is 0 Å². The van der Waals surface area contributed by atoms with E-state index < -0.39 is 0 Å². The first-order valence-electron chi connectivity index (χ1n) is 9.44. The van der Waals surface area contributed by atoms with E-state index in [1.54, 1.807) is 0 Å². The lowest BCUT2D eigenvalue weighted by Crippen LogP contribution is -2.36. The van der Waals surface area contributed by atoms with E-state index in [2.05, 4.69) is 28.7 Å². The summed E-state index contributed by atoms with van der Waals surface area (Å²) in [6, 6.07) is 0.840. The summed E-state index contributed by atoms with van der Waals surface area (Å²) in [5.41, 5.74) is 0. The molecule has 2 saturated heterocycles. The summed E-state index contributed by atoms with van der Waals surface area (Å²) in [6.45, 7) is 22.0. The normalized spacial score (nSPS) is 22.6. The molecule has 0 aromatic carbocycles. The number of unbranched alkanes of at least 4 members (excludes halogenated alkanes) is 1. The van der Waals surface area contributed by atoms with E-state index in [0.29, 0.717) is 0 Å². The van der Waals surface area contributed by atoms with Crippen molar-refractivity contribution in [1.82, 2.24) is 14.7 Å². The molecule has 1 atom stereocenters. The van der Waals surface area contributed by atoms with Crippen molar-refractivity contribution < 1.29 is 0 Å². The van der Waals surface area contributed by atoms with Crippen LogP contribution in [0.3, 0.4) is 0 Å². The fraction of sp³-hybridized carbons (Fsp3) is 1.00. The Morgan fingerprint density at radius 1 is 0.905 bits per heavy atom. The van der Waals surface area contributed by atoms with Crippen LogP contribution in [0.2, 0.25) is 0 Å². The van der Waals surface area contributed by atoms with Crippen molar-refractivity contribution in [2.75, 3.05) is 46.4 Å². The molecule has 0 aromatic heterocycles. The second-order valence-corrected chi connectivity index (χ2v) is 5.13. The van der Waals surface area contributed by atoms with Gasteiger partial charge in [-0.3, -0.25) is 9.80 Å². The van der Waals surface area contributed by atoms with Gasteiger partial charge in [0.15, 0.2) is 0 Å². The standard InChI is InChI=1S/C12H25N3.3C2H6/c1-3-4-6-14-7-5-12(10-14)15-9-8-13(2)11-15;3*1-2/h12H,3-11H2,1-2H3;3*1-2H3. The van der Waals surface area contributed by atoms with Gasteiger partial charge in [-0.05, 0) is 33.0 Å². The summed E-state index contributed by atoms with van der Waals surface area (Å²) in [4.78, 5) is 7.73. The van der Waals surface area contributed by atoms with Crippen LogP contribution in [0.5, 0.6) is 0 Å². The van der Waals surface area contributed by atoms with Crippen LogP contribution < -0.4 is 0 Å². The SMILES string of the molecule is CC.CC.CC.CCCCN1CCC(N2CCN(C)C2)C1. The van der Waals surface area contributed by atoms with Crippen LogP contribution in [-0.4, -0.2) is 67.2 Å². The van der Waals surface area contributed by atoms with E-state index in [1.165, 1.54) is 58.7 Å². The molecule has 0 bridgehead atoms. The highest BCUT2D eigenvalue weighted by Gasteiger charge is 2.30. The average Bonchev–Trinajstić information content (AvgIpc) is 3.20. The van der Waals surface area contributed by atoms with E-state index in [9.17, 15) is 0 Å². The fourth-order valence-electron chi connectivity index (χ4n) is 2.74. The Bertz CT molecular complexity index is 197. The molecule has 2 aliphatic heterocycles. The van der Waals surface area contributed by atoms with Crippen molar-refractivity contribution in [3.8, 4) is 0 Å². The van der Waals surface area contributed by atoms with Crippen molar-refractivity contribution >= 4 is 0 Å². The van der Waals surface area contributed by atoms with Crippen molar-refractivity contribution in [1.29, 1.82) is 0 Å². The maximum atomic E-state index is 2.66. The predicted molar refractivity (Wildman–Crippen MR) is 98.0 cm³/mol. The third kappa shape index (κ3) is 9.49. The highest BCUT2D eigenvalue weighted by Crippen LogP contribution is 2.18. The second-order valence-electron chi connectivity index (χ2n) is 5.13. The van der Waals surface area contributed by atoms with Crippen LogP contribution in [0.25, 0.3) is 0 Å².